The first-order valence-corrected chi connectivity index (χ1v) is 7.31. The van der Waals surface area contributed by atoms with Gasteiger partial charge in [-0.1, -0.05) is 39.0 Å². The SMILES string of the molecule is CCC(C)Oc1cccc(-n2nnc(N)c2C(C)(C)C)c1. The Bertz CT molecular complexity index is 613. The summed E-state index contributed by atoms with van der Waals surface area (Å²) >= 11 is 0. The van der Waals surface area contributed by atoms with Gasteiger partial charge in [0.15, 0.2) is 5.82 Å². The number of hydrogen-bond acceptors (Lipinski definition) is 4. The predicted molar refractivity (Wildman–Crippen MR) is 84.9 cm³/mol. The van der Waals surface area contributed by atoms with E-state index in [1.54, 1.807) is 4.68 Å². The minimum absolute atomic E-state index is 0.138. The highest BCUT2D eigenvalue weighted by molar-refractivity contribution is 5.46. The molecule has 2 N–H and O–H groups in total. The van der Waals surface area contributed by atoms with E-state index in [-0.39, 0.29) is 11.5 Å². The molecule has 21 heavy (non-hydrogen) atoms. The molecule has 1 aromatic heterocycles. The van der Waals surface area contributed by atoms with Crippen LogP contribution in [-0.2, 0) is 5.41 Å². The lowest BCUT2D eigenvalue weighted by Gasteiger charge is -2.20. The number of hydrogen-bond donors (Lipinski definition) is 1. The molecule has 0 aliphatic rings. The van der Waals surface area contributed by atoms with Crippen molar-refractivity contribution < 1.29 is 4.74 Å². The van der Waals surface area contributed by atoms with Gasteiger partial charge in [-0.15, -0.1) is 5.10 Å². The maximum atomic E-state index is 5.98. The van der Waals surface area contributed by atoms with Gasteiger partial charge < -0.3 is 10.5 Å². The van der Waals surface area contributed by atoms with Crippen molar-refractivity contribution in [2.45, 2.75) is 52.6 Å². The number of nitrogens with two attached hydrogens (primary N) is 1. The molecule has 0 bridgehead atoms. The molecular formula is C16H24N4O. The summed E-state index contributed by atoms with van der Waals surface area (Å²) in [5.74, 6) is 1.30. The van der Waals surface area contributed by atoms with Crippen molar-refractivity contribution in [2.24, 2.45) is 0 Å². The molecule has 0 radical (unpaired) electrons. The lowest BCUT2D eigenvalue weighted by atomic mass is 9.91. The summed E-state index contributed by atoms with van der Waals surface area (Å²) < 4.78 is 7.66. The highest BCUT2D eigenvalue weighted by Crippen LogP contribution is 2.29. The van der Waals surface area contributed by atoms with Gasteiger partial charge in [0.1, 0.15) is 5.75 Å². The van der Waals surface area contributed by atoms with Gasteiger partial charge in [0.2, 0.25) is 0 Å². The lowest BCUT2D eigenvalue weighted by molar-refractivity contribution is 0.217. The van der Waals surface area contributed by atoms with Gasteiger partial charge in [-0.25, -0.2) is 4.68 Å². The van der Waals surface area contributed by atoms with Gasteiger partial charge >= 0.3 is 0 Å². The van der Waals surface area contributed by atoms with E-state index in [2.05, 4.69) is 44.9 Å². The van der Waals surface area contributed by atoms with Crippen LogP contribution in [0.1, 0.15) is 46.7 Å². The summed E-state index contributed by atoms with van der Waals surface area (Å²) in [5.41, 5.74) is 7.65. The molecule has 0 amide bonds. The lowest BCUT2D eigenvalue weighted by Crippen LogP contribution is -2.19. The fourth-order valence-electron chi connectivity index (χ4n) is 2.18. The number of anilines is 1. The fraction of sp³-hybridized carbons (Fsp3) is 0.500. The standard InChI is InChI=1S/C16H24N4O/c1-6-11(2)21-13-9-7-8-12(10-13)20-14(16(3,4)5)15(17)18-19-20/h7-11H,6,17H2,1-5H3. The Labute approximate surface area is 126 Å². The smallest absolute Gasteiger partial charge is 0.170 e. The van der Waals surface area contributed by atoms with Crippen LogP contribution in [0.25, 0.3) is 5.69 Å². The maximum absolute atomic E-state index is 5.98. The van der Waals surface area contributed by atoms with Crippen molar-refractivity contribution in [3.63, 3.8) is 0 Å². The second-order valence-electron chi connectivity index (χ2n) is 6.32. The van der Waals surface area contributed by atoms with E-state index in [1.165, 1.54) is 0 Å². The number of ether oxygens (including phenoxy) is 1. The van der Waals surface area contributed by atoms with Crippen molar-refractivity contribution in [1.82, 2.24) is 15.0 Å². The topological polar surface area (TPSA) is 66.0 Å². The summed E-state index contributed by atoms with van der Waals surface area (Å²) in [4.78, 5) is 0. The zero-order chi connectivity index (χ0) is 15.6. The number of rotatable bonds is 4. The van der Waals surface area contributed by atoms with Crippen molar-refractivity contribution >= 4 is 5.82 Å². The molecule has 2 aromatic rings. The predicted octanol–water partition coefficient (Wildman–Crippen LogP) is 3.32. The maximum Gasteiger partial charge on any atom is 0.170 e. The Kier molecular flexibility index (Phi) is 4.21. The fourth-order valence-corrected chi connectivity index (χ4v) is 2.18. The van der Waals surface area contributed by atoms with Crippen LogP contribution in [0.5, 0.6) is 5.75 Å². The van der Waals surface area contributed by atoms with E-state index in [4.69, 9.17) is 10.5 Å². The zero-order valence-corrected chi connectivity index (χ0v) is 13.4. The molecule has 0 aliphatic heterocycles. The third-order valence-corrected chi connectivity index (χ3v) is 3.38. The molecule has 0 saturated carbocycles. The molecule has 1 atom stereocenters. The molecule has 0 fully saturated rings. The quantitative estimate of drug-likeness (QED) is 0.937. The Hall–Kier alpha value is -2.04. The van der Waals surface area contributed by atoms with Crippen LogP contribution in [-0.4, -0.2) is 21.1 Å². The molecule has 0 saturated heterocycles. The van der Waals surface area contributed by atoms with Gasteiger partial charge in [0.25, 0.3) is 0 Å². The van der Waals surface area contributed by atoms with Crippen LogP contribution < -0.4 is 10.5 Å². The minimum Gasteiger partial charge on any atom is -0.491 e. The molecule has 2 rings (SSSR count). The third kappa shape index (κ3) is 3.35. The molecule has 5 nitrogen and oxygen atoms in total. The Morgan fingerprint density at radius 1 is 1.33 bits per heavy atom. The molecule has 1 unspecified atom stereocenters. The molecule has 5 heteroatoms. The van der Waals surface area contributed by atoms with Gasteiger partial charge in [0.05, 0.1) is 17.5 Å². The molecule has 1 aromatic carbocycles. The van der Waals surface area contributed by atoms with Crippen LogP contribution in [0.3, 0.4) is 0 Å². The van der Waals surface area contributed by atoms with Crippen LogP contribution >= 0.6 is 0 Å². The monoisotopic (exact) mass is 288 g/mol. The van der Waals surface area contributed by atoms with Crippen molar-refractivity contribution in [1.29, 1.82) is 0 Å². The van der Waals surface area contributed by atoms with Crippen LogP contribution in [0.4, 0.5) is 5.82 Å². The van der Waals surface area contributed by atoms with Gasteiger partial charge in [0, 0.05) is 11.5 Å². The van der Waals surface area contributed by atoms with Gasteiger partial charge in [-0.3, -0.25) is 0 Å². The average Bonchev–Trinajstić information content (AvgIpc) is 2.81. The van der Waals surface area contributed by atoms with Crippen LogP contribution in [0.2, 0.25) is 0 Å². The summed E-state index contributed by atoms with van der Waals surface area (Å²) in [6, 6.07) is 7.85. The van der Waals surface area contributed by atoms with Crippen LogP contribution in [0.15, 0.2) is 24.3 Å². The van der Waals surface area contributed by atoms with E-state index < -0.39 is 0 Å². The minimum atomic E-state index is -0.138. The molecule has 114 valence electrons. The van der Waals surface area contributed by atoms with Crippen molar-refractivity contribution in [3.8, 4) is 11.4 Å². The molecule has 0 spiro atoms. The number of benzene rings is 1. The van der Waals surface area contributed by atoms with E-state index in [9.17, 15) is 0 Å². The highest BCUT2D eigenvalue weighted by Gasteiger charge is 2.25. The van der Waals surface area contributed by atoms with E-state index in [1.807, 2.05) is 24.3 Å². The Balaban J connectivity index is 2.42. The third-order valence-electron chi connectivity index (χ3n) is 3.38. The normalized spacial score (nSPS) is 13.2. The second kappa shape index (κ2) is 5.76. The summed E-state index contributed by atoms with van der Waals surface area (Å²) in [7, 11) is 0. The van der Waals surface area contributed by atoms with Crippen molar-refractivity contribution in [3.05, 3.63) is 30.0 Å². The Morgan fingerprint density at radius 3 is 2.67 bits per heavy atom. The first-order chi connectivity index (χ1) is 9.82. The second-order valence-corrected chi connectivity index (χ2v) is 6.32. The largest absolute Gasteiger partial charge is 0.491 e. The molecular weight excluding hydrogens is 264 g/mol. The molecule has 1 heterocycles. The first-order valence-electron chi connectivity index (χ1n) is 7.31. The Morgan fingerprint density at radius 2 is 2.05 bits per heavy atom. The van der Waals surface area contributed by atoms with Gasteiger partial charge in [-0.05, 0) is 25.5 Å². The summed E-state index contributed by atoms with van der Waals surface area (Å²) in [6.07, 6.45) is 1.15. The van der Waals surface area contributed by atoms with E-state index in [0.29, 0.717) is 5.82 Å². The van der Waals surface area contributed by atoms with Gasteiger partial charge in [-0.2, -0.15) is 0 Å². The first kappa shape index (κ1) is 15.4. The number of nitrogen functional groups attached to an aromatic ring is 1. The van der Waals surface area contributed by atoms with Crippen LogP contribution in [0, 0.1) is 0 Å². The van der Waals surface area contributed by atoms with E-state index in [0.717, 1.165) is 23.6 Å². The summed E-state index contributed by atoms with van der Waals surface area (Å²) in [5, 5.41) is 8.20. The number of nitrogens with zero attached hydrogens (tertiary/aromatic N) is 3. The highest BCUT2D eigenvalue weighted by atomic mass is 16.5. The molecule has 0 aliphatic carbocycles. The average molecular weight is 288 g/mol. The van der Waals surface area contributed by atoms with E-state index >= 15 is 0 Å². The summed E-state index contributed by atoms with van der Waals surface area (Å²) in [6.45, 7) is 10.4. The number of aromatic nitrogens is 3. The van der Waals surface area contributed by atoms with Crippen molar-refractivity contribution in [2.75, 3.05) is 5.73 Å². The zero-order valence-electron chi connectivity index (χ0n) is 13.4.